The summed E-state index contributed by atoms with van der Waals surface area (Å²) >= 11 is 0. The van der Waals surface area contributed by atoms with Crippen LogP contribution in [0.1, 0.15) is 19.3 Å². The first kappa shape index (κ1) is 8.70. The van der Waals surface area contributed by atoms with Crippen LogP contribution in [0, 0.1) is 0 Å². The molecule has 1 aliphatic rings. The summed E-state index contributed by atoms with van der Waals surface area (Å²) in [5, 5.41) is 10.7. The molecule has 66 valence electrons. The van der Waals surface area contributed by atoms with Gasteiger partial charge in [-0.2, -0.15) is 0 Å². The van der Waals surface area contributed by atoms with Crippen molar-refractivity contribution in [2.24, 2.45) is 0 Å². The average Bonchev–Trinajstić information content (AvgIpc) is 2.26. The maximum absolute atomic E-state index is 10.9. The van der Waals surface area contributed by atoms with Crippen LogP contribution < -0.4 is 5.32 Å². The van der Waals surface area contributed by atoms with E-state index >= 15 is 0 Å². The Labute approximate surface area is 68.8 Å². The minimum Gasteiger partial charge on any atom is -0.481 e. The number of carboxylic acids is 1. The molecule has 1 aliphatic heterocycles. The molecule has 0 aromatic rings. The van der Waals surface area contributed by atoms with Crippen LogP contribution in [0.5, 0.6) is 0 Å². The van der Waals surface area contributed by atoms with Crippen molar-refractivity contribution in [2.75, 3.05) is 0 Å². The Morgan fingerprint density at radius 1 is 1.58 bits per heavy atom. The second-order valence-electron chi connectivity index (χ2n) is 2.70. The Morgan fingerprint density at radius 3 is 2.67 bits per heavy atom. The number of carbonyl (C=O) groups is 3. The molecule has 5 nitrogen and oxygen atoms in total. The summed E-state index contributed by atoms with van der Waals surface area (Å²) in [5.74, 6) is -1.47. The molecule has 1 rings (SSSR count). The Kier molecular flexibility index (Phi) is 2.42. The highest BCUT2D eigenvalue weighted by Gasteiger charge is 2.29. The summed E-state index contributed by atoms with van der Waals surface area (Å²) < 4.78 is 0. The van der Waals surface area contributed by atoms with Crippen LogP contribution in [-0.2, 0) is 14.4 Å². The van der Waals surface area contributed by atoms with Crippen LogP contribution in [0.15, 0.2) is 0 Å². The number of carboxylic acid groups (broad SMARTS) is 1. The predicted molar refractivity (Wildman–Crippen MR) is 38.4 cm³/mol. The molecule has 0 spiro atoms. The fourth-order valence-corrected chi connectivity index (χ4v) is 1.11. The maximum atomic E-state index is 10.9. The van der Waals surface area contributed by atoms with Crippen LogP contribution in [-0.4, -0.2) is 28.8 Å². The number of rotatable bonds is 3. The molecule has 1 amide bonds. The number of nitrogens with one attached hydrogen (secondary N) is 1. The molecule has 1 saturated heterocycles. The molecule has 0 bridgehead atoms. The zero-order valence-corrected chi connectivity index (χ0v) is 6.37. The van der Waals surface area contributed by atoms with Gasteiger partial charge in [-0.25, -0.2) is 0 Å². The summed E-state index contributed by atoms with van der Waals surface area (Å²) in [6.07, 6.45) is 0.000872. The van der Waals surface area contributed by atoms with Gasteiger partial charge in [-0.1, -0.05) is 0 Å². The van der Waals surface area contributed by atoms with Crippen molar-refractivity contribution in [2.45, 2.75) is 25.3 Å². The van der Waals surface area contributed by atoms with Gasteiger partial charge in [-0.3, -0.25) is 14.4 Å². The molecule has 1 heterocycles. The van der Waals surface area contributed by atoms with Crippen LogP contribution in [0.25, 0.3) is 0 Å². The van der Waals surface area contributed by atoms with Gasteiger partial charge >= 0.3 is 5.97 Å². The second-order valence-corrected chi connectivity index (χ2v) is 2.70. The molecule has 2 N–H and O–H groups in total. The third-order valence-electron chi connectivity index (χ3n) is 1.71. The van der Waals surface area contributed by atoms with Crippen molar-refractivity contribution in [1.82, 2.24) is 5.32 Å². The Balaban J connectivity index is 2.38. The molecular formula is C7H9NO4. The highest BCUT2D eigenvalue weighted by atomic mass is 16.4. The van der Waals surface area contributed by atoms with Crippen LogP contribution in [0.3, 0.4) is 0 Å². The quantitative estimate of drug-likeness (QED) is 0.550. The van der Waals surface area contributed by atoms with E-state index in [0.29, 0.717) is 0 Å². The molecular weight excluding hydrogens is 162 g/mol. The number of ketones is 1. The van der Waals surface area contributed by atoms with E-state index in [-0.39, 0.29) is 31.0 Å². The van der Waals surface area contributed by atoms with Gasteiger partial charge in [-0.05, 0) is 6.42 Å². The molecule has 0 aromatic carbocycles. The molecule has 0 saturated carbocycles. The highest BCUT2D eigenvalue weighted by molar-refractivity contribution is 6.07. The molecule has 1 fully saturated rings. The smallest absolute Gasteiger partial charge is 0.303 e. The van der Waals surface area contributed by atoms with Crippen molar-refractivity contribution in [3.8, 4) is 0 Å². The number of carbonyl (C=O) groups excluding carboxylic acids is 2. The van der Waals surface area contributed by atoms with E-state index < -0.39 is 12.0 Å². The van der Waals surface area contributed by atoms with Crippen molar-refractivity contribution in [3.63, 3.8) is 0 Å². The Morgan fingerprint density at radius 2 is 2.25 bits per heavy atom. The monoisotopic (exact) mass is 171 g/mol. The topological polar surface area (TPSA) is 83.5 Å². The molecule has 0 aliphatic carbocycles. The van der Waals surface area contributed by atoms with E-state index in [9.17, 15) is 14.4 Å². The number of aliphatic carboxylic acids is 1. The summed E-state index contributed by atoms with van der Waals surface area (Å²) in [6.45, 7) is 0. The van der Waals surface area contributed by atoms with E-state index in [4.69, 9.17) is 5.11 Å². The molecule has 0 radical (unpaired) electrons. The summed E-state index contributed by atoms with van der Waals surface area (Å²) in [5.41, 5.74) is 0. The minimum atomic E-state index is -0.955. The number of Topliss-reactive ketones (excluding diaryl/α,β-unsaturated/α-hetero) is 1. The lowest BCUT2D eigenvalue weighted by molar-refractivity contribution is -0.137. The standard InChI is InChI=1S/C7H9NO4/c9-5-3-6(10)8-4(5)1-2-7(11)12/h4H,1-3H2,(H,8,10)(H,11,12). The average molecular weight is 171 g/mol. The van der Waals surface area contributed by atoms with Crippen molar-refractivity contribution in [3.05, 3.63) is 0 Å². The van der Waals surface area contributed by atoms with E-state index in [1.165, 1.54) is 0 Å². The first-order valence-electron chi connectivity index (χ1n) is 3.63. The first-order valence-corrected chi connectivity index (χ1v) is 3.63. The van der Waals surface area contributed by atoms with Gasteiger partial charge in [0.05, 0.1) is 12.5 Å². The van der Waals surface area contributed by atoms with Crippen LogP contribution in [0.2, 0.25) is 0 Å². The van der Waals surface area contributed by atoms with Crippen LogP contribution in [0.4, 0.5) is 0 Å². The van der Waals surface area contributed by atoms with Crippen LogP contribution >= 0.6 is 0 Å². The minimum absolute atomic E-state index is 0.0866. The molecule has 0 aromatic heterocycles. The zero-order chi connectivity index (χ0) is 9.14. The second kappa shape index (κ2) is 3.34. The SMILES string of the molecule is O=C(O)CCC1NC(=O)CC1=O. The van der Waals surface area contributed by atoms with Gasteiger partial charge in [0.15, 0.2) is 5.78 Å². The molecule has 1 unspecified atom stereocenters. The van der Waals surface area contributed by atoms with Gasteiger partial charge in [0.25, 0.3) is 0 Å². The number of amides is 1. The third-order valence-corrected chi connectivity index (χ3v) is 1.71. The Hall–Kier alpha value is -1.39. The van der Waals surface area contributed by atoms with Gasteiger partial charge in [0, 0.05) is 6.42 Å². The normalized spacial score (nSPS) is 22.5. The number of hydrogen-bond acceptors (Lipinski definition) is 3. The molecule has 12 heavy (non-hydrogen) atoms. The fourth-order valence-electron chi connectivity index (χ4n) is 1.11. The van der Waals surface area contributed by atoms with Crippen molar-refractivity contribution >= 4 is 17.7 Å². The first-order chi connectivity index (χ1) is 5.59. The summed E-state index contributed by atoms with van der Waals surface area (Å²) in [4.78, 5) is 31.7. The predicted octanol–water partition coefficient (Wildman–Crippen LogP) is -0.691. The van der Waals surface area contributed by atoms with E-state index in [1.54, 1.807) is 0 Å². The lowest BCUT2D eigenvalue weighted by atomic mass is 10.1. The third kappa shape index (κ3) is 2.05. The van der Waals surface area contributed by atoms with Crippen molar-refractivity contribution in [1.29, 1.82) is 0 Å². The van der Waals surface area contributed by atoms with Crippen molar-refractivity contribution < 1.29 is 19.5 Å². The summed E-state index contributed by atoms with van der Waals surface area (Å²) in [6, 6.07) is -0.575. The molecule has 5 heteroatoms. The van der Waals surface area contributed by atoms with Gasteiger partial charge in [0.1, 0.15) is 0 Å². The van der Waals surface area contributed by atoms with Gasteiger partial charge < -0.3 is 10.4 Å². The highest BCUT2D eigenvalue weighted by Crippen LogP contribution is 2.07. The van der Waals surface area contributed by atoms with Gasteiger partial charge in [-0.15, -0.1) is 0 Å². The van der Waals surface area contributed by atoms with E-state index in [1.807, 2.05) is 0 Å². The maximum Gasteiger partial charge on any atom is 0.303 e. The lowest BCUT2D eigenvalue weighted by Gasteiger charge is -2.04. The zero-order valence-electron chi connectivity index (χ0n) is 6.37. The van der Waals surface area contributed by atoms with E-state index in [2.05, 4.69) is 5.32 Å². The lowest BCUT2D eigenvalue weighted by Crippen LogP contribution is -2.29. The van der Waals surface area contributed by atoms with E-state index in [0.717, 1.165) is 0 Å². The number of hydrogen-bond donors (Lipinski definition) is 2. The summed E-state index contributed by atoms with van der Waals surface area (Å²) in [7, 11) is 0. The molecule has 1 atom stereocenters. The van der Waals surface area contributed by atoms with Gasteiger partial charge in [0.2, 0.25) is 5.91 Å². The largest absolute Gasteiger partial charge is 0.481 e. The fraction of sp³-hybridized carbons (Fsp3) is 0.571. The Bertz CT molecular complexity index is 236.